The second-order valence-electron chi connectivity index (χ2n) is 5.80. The van der Waals surface area contributed by atoms with E-state index in [9.17, 15) is 4.79 Å². The first-order valence-corrected chi connectivity index (χ1v) is 7.36. The van der Waals surface area contributed by atoms with E-state index in [1.807, 2.05) is 12.1 Å². The van der Waals surface area contributed by atoms with Gasteiger partial charge in [0.1, 0.15) is 0 Å². The number of hydrogen-bond donors (Lipinski definition) is 1. The van der Waals surface area contributed by atoms with Crippen molar-refractivity contribution in [3.8, 4) is 0 Å². The summed E-state index contributed by atoms with van der Waals surface area (Å²) in [4.78, 5) is 13.6. The molecule has 0 bridgehead atoms. The molecule has 0 amide bonds. The number of benzene rings is 1. The zero-order chi connectivity index (χ0) is 13.2. The minimum Gasteiger partial charge on any atom is -0.478 e. The van der Waals surface area contributed by atoms with Crippen molar-refractivity contribution in [2.24, 2.45) is 5.92 Å². The van der Waals surface area contributed by atoms with Gasteiger partial charge < -0.3 is 10.0 Å². The van der Waals surface area contributed by atoms with Crippen LogP contribution in [0.5, 0.6) is 0 Å². The van der Waals surface area contributed by atoms with Crippen LogP contribution in [0.2, 0.25) is 0 Å². The molecule has 0 spiro atoms. The van der Waals surface area contributed by atoms with Crippen molar-refractivity contribution in [1.82, 2.24) is 0 Å². The number of anilines is 1. The van der Waals surface area contributed by atoms with Crippen molar-refractivity contribution in [2.75, 3.05) is 11.4 Å². The van der Waals surface area contributed by atoms with Crippen molar-refractivity contribution < 1.29 is 9.90 Å². The first kappa shape index (κ1) is 12.5. The summed E-state index contributed by atoms with van der Waals surface area (Å²) in [7, 11) is 0. The number of piperidine rings is 1. The van der Waals surface area contributed by atoms with Crippen LogP contribution in [-0.4, -0.2) is 23.7 Å². The molecule has 3 nitrogen and oxygen atoms in total. The van der Waals surface area contributed by atoms with E-state index in [2.05, 4.69) is 11.0 Å². The summed E-state index contributed by atoms with van der Waals surface area (Å²) in [5.41, 5.74) is 1.49. The molecule has 1 aliphatic heterocycles. The summed E-state index contributed by atoms with van der Waals surface area (Å²) in [6.45, 7) is 1.07. The van der Waals surface area contributed by atoms with Crippen LogP contribution < -0.4 is 4.90 Å². The Labute approximate surface area is 114 Å². The van der Waals surface area contributed by atoms with Crippen molar-refractivity contribution in [1.29, 1.82) is 0 Å². The molecule has 1 saturated heterocycles. The van der Waals surface area contributed by atoms with Crippen LogP contribution in [0.1, 0.15) is 48.9 Å². The van der Waals surface area contributed by atoms with Crippen LogP contribution in [0.25, 0.3) is 0 Å². The summed E-state index contributed by atoms with van der Waals surface area (Å²) >= 11 is 0. The van der Waals surface area contributed by atoms with E-state index in [4.69, 9.17) is 5.11 Å². The van der Waals surface area contributed by atoms with E-state index >= 15 is 0 Å². The number of carboxylic acid groups (broad SMARTS) is 1. The number of carbonyl (C=O) groups is 1. The molecule has 3 heteroatoms. The third-order valence-corrected chi connectivity index (χ3v) is 4.67. The molecule has 0 aromatic heterocycles. The maximum absolute atomic E-state index is 11.1. The zero-order valence-corrected chi connectivity index (χ0v) is 11.2. The van der Waals surface area contributed by atoms with Gasteiger partial charge in [-0.25, -0.2) is 4.79 Å². The molecule has 2 unspecified atom stereocenters. The predicted molar refractivity (Wildman–Crippen MR) is 75.7 cm³/mol. The lowest BCUT2D eigenvalue weighted by atomic mass is 9.78. The zero-order valence-electron chi connectivity index (χ0n) is 11.2. The van der Waals surface area contributed by atoms with Crippen molar-refractivity contribution in [3.63, 3.8) is 0 Å². The highest BCUT2D eigenvalue weighted by Gasteiger charge is 2.33. The molecule has 1 aromatic carbocycles. The standard InChI is InChI=1S/C16H21NO2/c18-16(19)13-6-3-8-14(11-13)17-10-4-7-12-5-1-2-9-15(12)17/h3,6,8,11-12,15H,1-2,4-5,7,9-10H2,(H,18,19). The Morgan fingerprint density at radius 1 is 1.16 bits per heavy atom. The Bertz CT molecular complexity index is 470. The van der Waals surface area contributed by atoms with Gasteiger partial charge in [0.05, 0.1) is 5.56 Å². The molecule has 1 aromatic rings. The van der Waals surface area contributed by atoms with Crippen molar-refractivity contribution >= 4 is 11.7 Å². The molecular formula is C16H21NO2. The maximum atomic E-state index is 11.1. The first-order valence-electron chi connectivity index (χ1n) is 7.36. The summed E-state index contributed by atoms with van der Waals surface area (Å²) in [6.07, 6.45) is 7.88. The van der Waals surface area contributed by atoms with Gasteiger partial charge in [-0.2, -0.15) is 0 Å². The third kappa shape index (κ3) is 2.46. The quantitative estimate of drug-likeness (QED) is 0.883. The number of fused-ring (bicyclic) bond motifs is 1. The van der Waals surface area contributed by atoms with Gasteiger partial charge in [0.2, 0.25) is 0 Å². The summed E-state index contributed by atoms with van der Waals surface area (Å²) < 4.78 is 0. The lowest BCUT2D eigenvalue weighted by molar-refractivity contribution is 0.0697. The number of rotatable bonds is 2. The van der Waals surface area contributed by atoms with E-state index in [-0.39, 0.29) is 0 Å². The highest BCUT2D eigenvalue weighted by molar-refractivity contribution is 5.88. The number of aromatic carboxylic acids is 1. The van der Waals surface area contributed by atoms with Crippen LogP contribution in [-0.2, 0) is 0 Å². The molecule has 2 fully saturated rings. The minimum absolute atomic E-state index is 0.399. The lowest BCUT2D eigenvalue weighted by Crippen LogP contribution is -2.46. The molecule has 1 heterocycles. The fourth-order valence-electron chi connectivity index (χ4n) is 3.76. The van der Waals surface area contributed by atoms with Crippen LogP contribution in [0.4, 0.5) is 5.69 Å². The average Bonchev–Trinajstić information content (AvgIpc) is 2.47. The fourth-order valence-corrected chi connectivity index (χ4v) is 3.76. The third-order valence-electron chi connectivity index (χ3n) is 4.67. The molecule has 1 saturated carbocycles. The number of hydrogen-bond acceptors (Lipinski definition) is 2. The van der Waals surface area contributed by atoms with Gasteiger partial charge in [-0.3, -0.25) is 0 Å². The van der Waals surface area contributed by atoms with Gasteiger partial charge in [0.25, 0.3) is 0 Å². The monoisotopic (exact) mass is 259 g/mol. The fraction of sp³-hybridized carbons (Fsp3) is 0.562. The van der Waals surface area contributed by atoms with Crippen LogP contribution >= 0.6 is 0 Å². The van der Waals surface area contributed by atoms with Gasteiger partial charge in [-0.1, -0.05) is 18.9 Å². The topological polar surface area (TPSA) is 40.5 Å². The molecule has 19 heavy (non-hydrogen) atoms. The Morgan fingerprint density at radius 3 is 2.79 bits per heavy atom. The maximum Gasteiger partial charge on any atom is 0.335 e. The Hall–Kier alpha value is -1.51. The second kappa shape index (κ2) is 5.24. The number of nitrogens with zero attached hydrogens (tertiary/aromatic N) is 1. The summed E-state index contributed by atoms with van der Waals surface area (Å²) in [5.74, 6) is -0.0185. The SMILES string of the molecule is O=C(O)c1cccc(N2CCCC3CCCCC32)c1. The first-order chi connectivity index (χ1) is 9.25. The van der Waals surface area contributed by atoms with E-state index in [0.717, 1.165) is 18.2 Å². The summed E-state index contributed by atoms with van der Waals surface area (Å²) in [5, 5.41) is 9.12. The van der Waals surface area contributed by atoms with E-state index in [1.165, 1.54) is 38.5 Å². The lowest BCUT2D eigenvalue weighted by Gasteiger charge is -2.45. The molecule has 102 valence electrons. The second-order valence-corrected chi connectivity index (χ2v) is 5.80. The Balaban J connectivity index is 1.87. The van der Waals surface area contributed by atoms with Gasteiger partial charge in [0, 0.05) is 18.3 Å². The van der Waals surface area contributed by atoms with Crippen LogP contribution in [0.3, 0.4) is 0 Å². The molecule has 1 N–H and O–H groups in total. The normalized spacial score (nSPS) is 26.8. The summed E-state index contributed by atoms with van der Waals surface area (Å²) in [6, 6.07) is 8.06. The van der Waals surface area contributed by atoms with Gasteiger partial charge >= 0.3 is 5.97 Å². The Morgan fingerprint density at radius 2 is 1.95 bits per heavy atom. The van der Waals surface area contributed by atoms with Crippen LogP contribution in [0, 0.1) is 5.92 Å². The molecule has 2 aliphatic rings. The predicted octanol–water partition coefficient (Wildman–Crippen LogP) is 3.54. The van der Waals surface area contributed by atoms with E-state index in [1.54, 1.807) is 6.07 Å². The molecule has 1 aliphatic carbocycles. The molecule has 2 atom stereocenters. The highest BCUT2D eigenvalue weighted by Crippen LogP contribution is 2.37. The van der Waals surface area contributed by atoms with Gasteiger partial charge in [-0.05, 0) is 49.8 Å². The molecular weight excluding hydrogens is 238 g/mol. The average molecular weight is 259 g/mol. The van der Waals surface area contributed by atoms with Crippen LogP contribution in [0.15, 0.2) is 24.3 Å². The smallest absolute Gasteiger partial charge is 0.335 e. The highest BCUT2D eigenvalue weighted by atomic mass is 16.4. The minimum atomic E-state index is -0.834. The van der Waals surface area contributed by atoms with E-state index in [0.29, 0.717) is 11.6 Å². The molecule has 0 radical (unpaired) electrons. The molecule has 3 rings (SSSR count). The van der Waals surface area contributed by atoms with Gasteiger partial charge in [-0.15, -0.1) is 0 Å². The number of carboxylic acids is 1. The Kier molecular flexibility index (Phi) is 3.45. The van der Waals surface area contributed by atoms with Crippen molar-refractivity contribution in [2.45, 2.75) is 44.6 Å². The van der Waals surface area contributed by atoms with Gasteiger partial charge in [0.15, 0.2) is 0 Å². The largest absolute Gasteiger partial charge is 0.478 e. The van der Waals surface area contributed by atoms with E-state index < -0.39 is 5.97 Å². The van der Waals surface area contributed by atoms with Crippen molar-refractivity contribution in [3.05, 3.63) is 29.8 Å².